The average Bonchev–Trinajstić information content (AvgIpc) is 3.26. The number of hydrogen-bond acceptors (Lipinski definition) is 6. The van der Waals surface area contributed by atoms with E-state index in [0.29, 0.717) is 49.8 Å². The minimum atomic E-state index is -1.35. The van der Waals surface area contributed by atoms with E-state index in [2.05, 4.69) is 10.0 Å². The third-order valence-electron chi connectivity index (χ3n) is 8.32. The van der Waals surface area contributed by atoms with Gasteiger partial charge in [0.05, 0.1) is 6.10 Å². The van der Waals surface area contributed by atoms with Crippen molar-refractivity contribution in [1.82, 2.24) is 0 Å². The number of azide groups is 1. The number of allylic oxidation sites excluding steroid dienone is 1. The number of carbonyl (C=O) groups is 1. The first-order valence-corrected chi connectivity index (χ1v) is 13.6. The summed E-state index contributed by atoms with van der Waals surface area (Å²) in [5, 5.41) is 23.6. The van der Waals surface area contributed by atoms with Crippen LogP contribution in [0.5, 0.6) is 0 Å². The van der Waals surface area contributed by atoms with E-state index in [4.69, 9.17) is 25.1 Å². The summed E-state index contributed by atoms with van der Waals surface area (Å²) in [4.78, 5) is 21.0. The van der Waals surface area contributed by atoms with Gasteiger partial charge in [-0.15, -0.1) is 0 Å². The van der Waals surface area contributed by atoms with Gasteiger partial charge in [0.1, 0.15) is 0 Å². The van der Waals surface area contributed by atoms with Crippen LogP contribution in [0.2, 0.25) is 0 Å². The number of aliphatic hydroxyl groups excluding tert-OH is 1. The van der Waals surface area contributed by atoms with E-state index in [-0.39, 0.29) is 18.6 Å². The number of carboxylic acid groups (broad SMARTS) is 1. The number of aliphatic carboxylic acids is 1. The van der Waals surface area contributed by atoms with Gasteiger partial charge in [-0.2, -0.15) is 0 Å². The van der Waals surface area contributed by atoms with Crippen LogP contribution in [0.4, 0.5) is 0 Å². The Kier molecular flexibility index (Phi) is 9.09. The molecule has 0 radical (unpaired) electrons. The van der Waals surface area contributed by atoms with Crippen molar-refractivity contribution in [2.45, 2.75) is 114 Å². The first kappa shape index (κ1) is 26.0. The second kappa shape index (κ2) is 12.2. The highest BCUT2D eigenvalue weighted by atomic mass is 16.5. The van der Waals surface area contributed by atoms with Crippen molar-refractivity contribution >= 4 is 11.9 Å². The van der Waals surface area contributed by atoms with E-state index in [9.17, 15) is 9.90 Å². The molecule has 4 rings (SSSR count). The van der Waals surface area contributed by atoms with Crippen molar-refractivity contribution in [2.24, 2.45) is 21.9 Å². The van der Waals surface area contributed by atoms with Crippen molar-refractivity contribution < 1.29 is 24.5 Å². The van der Waals surface area contributed by atoms with Gasteiger partial charge in [0.15, 0.2) is 12.0 Å². The minimum absolute atomic E-state index is 0.0786. The summed E-state index contributed by atoms with van der Waals surface area (Å²) in [5.74, 6) is 0.0366. The van der Waals surface area contributed by atoms with Gasteiger partial charge in [0.2, 0.25) is 5.54 Å². The van der Waals surface area contributed by atoms with Crippen molar-refractivity contribution in [3.8, 4) is 0 Å². The molecule has 2 fully saturated rings. The molecule has 1 heterocycles. The van der Waals surface area contributed by atoms with Crippen LogP contribution in [0, 0.1) is 11.8 Å². The number of hydrogen-bond donors (Lipinski definition) is 2. The molecule has 4 aliphatic rings. The lowest BCUT2D eigenvalue weighted by atomic mass is 9.74. The first-order valence-electron chi connectivity index (χ1n) is 13.6. The van der Waals surface area contributed by atoms with Gasteiger partial charge < -0.3 is 19.7 Å². The second-order valence-corrected chi connectivity index (χ2v) is 10.7. The maximum absolute atomic E-state index is 13.0. The largest absolute Gasteiger partial charge is 0.479 e. The van der Waals surface area contributed by atoms with Gasteiger partial charge in [0.25, 0.3) is 0 Å². The summed E-state index contributed by atoms with van der Waals surface area (Å²) in [6, 6.07) is 0. The molecule has 2 saturated carbocycles. The molecule has 2 N–H and O–H groups in total. The Bertz CT molecular complexity index is 854. The van der Waals surface area contributed by atoms with Crippen LogP contribution in [0.3, 0.4) is 0 Å². The lowest BCUT2D eigenvalue weighted by Gasteiger charge is -2.35. The third-order valence-corrected chi connectivity index (χ3v) is 8.32. The Balaban J connectivity index is 1.60. The molecule has 3 aliphatic carbocycles. The van der Waals surface area contributed by atoms with Crippen molar-refractivity contribution in [3.05, 3.63) is 21.7 Å². The van der Waals surface area contributed by atoms with Gasteiger partial charge in [-0.25, -0.2) is 9.79 Å². The molecule has 0 bridgehead atoms. The van der Waals surface area contributed by atoms with E-state index in [0.717, 1.165) is 69.8 Å². The number of carboxylic acids is 1. The molecular weight excluding hydrogens is 448 g/mol. The van der Waals surface area contributed by atoms with Crippen molar-refractivity contribution in [1.29, 1.82) is 0 Å². The monoisotopic (exact) mass is 488 g/mol. The highest BCUT2D eigenvalue weighted by molar-refractivity contribution is 5.91. The van der Waals surface area contributed by atoms with Crippen LogP contribution in [-0.4, -0.2) is 53.0 Å². The van der Waals surface area contributed by atoms with Crippen LogP contribution in [0.15, 0.2) is 21.4 Å². The molecule has 0 spiro atoms. The number of nitrogens with zero attached hydrogens (tertiary/aromatic N) is 4. The molecular formula is C26H40N4O5. The van der Waals surface area contributed by atoms with Crippen LogP contribution in [0.1, 0.15) is 96.3 Å². The molecule has 0 aromatic heterocycles. The summed E-state index contributed by atoms with van der Waals surface area (Å²) in [6.07, 6.45) is 12.8. The molecule has 2 atom stereocenters. The van der Waals surface area contributed by atoms with E-state index < -0.39 is 17.6 Å². The average molecular weight is 489 g/mol. The van der Waals surface area contributed by atoms with Crippen molar-refractivity contribution in [3.63, 3.8) is 0 Å². The summed E-state index contributed by atoms with van der Waals surface area (Å²) in [6.45, 7) is 0.693. The number of ether oxygens (including phenoxy) is 2. The summed E-state index contributed by atoms with van der Waals surface area (Å²) < 4.78 is 12.4. The van der Waals surface area contributed by atoms with Crippen LogP contribution in [0.25, 0.3) is 10.4 Å². The predicted molar refractivity (Wildman–Crippen MR) is 132 cm³/mol. The molecule has 35 heavy (non-hydrogen) atoms. The van der Waals surface area contributed by atoms with E-state index in [1.54, 1.807) is 0 Å². The fourth-order valence-corrected chi connectivity index (χ4v) is 6.43. The molecule has 9 nitrogen and oxygen atoms in total. The molecule has 0 unspecified atom stereocenters. The van der Waals surface area contributed by atoms with Gasteiger partial charge in [-0.3, -0.25) is 0 Å². The number of aliphatic hydroxyl groups is 1. The fourth-order valence-electron chi connectivity index (χ4n) is 6.43. The smallest absolute Gasteiger partial charge is 0.336 e. The number of aliphatic imine (C=N–C) groups is 1. The highest BCUT2D eigenvalue weighted by Crippen LogP contribution is 2.46. The normalized spacial score (nSPS) is 32.0. The Labute approximate surface area is 207 Å². The zero-order valence-corrected chi connectivity index (χ0v) is 20.7. The van der Waals surface area contributed by atoms with Gasteiger partial charge in [-0.05, 0) is 81.2 Å². The Morgan fingerprint density at radius 2 is 1.86 bits per heavy atom. The zero-order valence-electron chi connectivity index (χ0n) is 20.7. The molecule has 0 aromatic rings. The highest BCUT2D eigenvalue weighted by Gasteiger charge is 2.56. The molecule has 0 amide bonds. The minimum Gasteiger partial charge on any atom is -0.479 e. The van der Waals surface area contributed by atoms with E-state index in [1.165, 1.54) is 6.42 Å². The van der Waals surface area contributed by atoms with Gasteiger partial charge in [0, 0.05) is 29.7 Å². The molecule has 1 aliphatic heterocycles. The van der Waals surface area contributed by atoms with E-state index in [1.807, 2.05) is 0 Å². The van der Waals surface area contributed by atoms with Crippen LogP contribution in [-0.2, 0) is 14.3 Å². The lowest BCUT2D eigenvalue weighted by molar-refractivity contribution is -0.146. The standard InChI is InChI=1S/C26H40N4O5/c27-30-29-22-10-5-4-9-21(22)23-26(25(32)33,17-18-7-2-1-3-8-18)28-24(35-23)19-11-13-20(14-12-19)34-16-6-15-31/h18-20,23,31H,1-17H2,(H,32,33)/t19?,20?,23-,26-/m1/s1. The third kappa shape index (κ3) is 6.01. The molecule has 194 valence electrons. The maximum Gasteiger partial charge on any atom is 0.336 e. The topological polar surface area (TPSA) is 137 Å². The summed E-state index contributed by atoms with van der Waals surface area (Å²) >= 11 is 0. The zero-order chi connectivity index (χ0) is 24.7. The fraction of sp³-hybridized carbons (Fsp3) is 0.846. The van der Waals surface area contributed by atoms with Gasteiger partial charge >= 0.3 is 5.97 Å². The first-order chi connectivity index (χ1) is 17.1. The maximum atomic E-state index is 13.0. The quantitative estimate of drug-likeness (QED) is 0.176. The Morgan fingerprint density at radius 1 is 1.11 bits per heavy atom. The predicted octanol–water partition coefficient (Wildman–Crippen LogP) is 5.67. The molecule has 0 saturated heterocycles. The Hall–Kier alpha value is -2.09. The van der Waals surface area contributed by atoms with Crippen LogP contribution >= 0.6 is 0 Å². The molecule has 0 aromatic carbocycles. The number of rotatable bonds is 10. The molecule has 9 heteroatoms. The summed E-state index contributed by atoms with van der Waals surface area (Å²) in [7, 11) is 0. The summed E-state index contributed by atoms with van der Waals surface area (Å²) in [5.41, 5.74) is 9.29. The van der Waals surface area contributed by atoms with Crippen LogP contribution < -0.4 is 0 Å². The van der Waals surface area contributed by atoms with Gasteiger partial charge in [-0.1, -0.05) is 37.2 Å². The Morgan fingerprint density at radius 3 is 2.54 bits per heavy atom. The lowest BCUT2D eigenvalue weighted by Crippen LogP contribution is -2.49. The SMILES string of the molecule is [N-]=[N+]=NC1=C([C@H]2OC(C3CCC(OCCCO)CC3)=N[C@@]2(CC2CCCCC2)C(=O)O)CCCC1. The van der Waals surface area contributed by atoms with E-state index >= 15 is 0 Å². The second-order valence-electron chi connectivity index (χ2n) is 10.7. The van der Waals surface area contributed by atoms with Crippen molar-refractivity contribution in [2.75, 3.05) is 13.2 Å².